The van der Waals surface area contributed by atoms with E-state index in [0.717, 1.165) is 5.56 Å². The van der Waals surface area contributed by atoms with E-state index in [1.807, 2.05) is 77.1 Å². The van der Waals surface area contributed by atoms with Gasteiger partial charge in [-0.05, 0) is 45.1 Å². The van der Waals surface area contributed by atoms with Gasteiger partial charge in [0.25, 0.3) is 0 Å². The number of carbonyl (C=O) groups excluding carboxylic acids is 2. The zero-order valence-electron chi connectivity index (χ0n) is 15.9. The van der Waals surface area contributed by atoms with Gasteiger partial charge >= 0.3 is 6.09 Å². The molecule has 0 unspecified atom stereocenters. The van der Waals surface area contributed by atoms with Crippen LogP contribution >= 0.6 is 0 Å². The summed E-state index contributed by atoms with van der Waals surface area (Å²) in [5, 5.41) is 0. The Balaban J connectivity index is 2.07. The average Bonchev–Trinajstić information content (AvgIpc) is 2.84. The summed E-state index contributed by atoms with van der Waals surface area (Å²) >= 11 is 0. The molecular weight excluding hydrogens is 314 g/mol. The van der Waals surface area contributed by atoms with Gasteiger partial charge in [0.15, 0.2) is 0 Å². The van der Waals surface area contributed by atoms with E-state index in [1.165, 1.54) is 4.90 Å². The van der Waals surface area contributed by atoms with Gasteiger partial charge in [0, 0.05) is 12.0 Å². The van der Waals surface area contributed by atoms with Crippen LogP contribution in [0.2, 0.25) is 0 Å². The van der Waals surface area contributed by atoms with E-state index in [4.69, 9.17) is 4.74 Å². The minimum absolute atomic E-state index is 0.0996. The van der Waals surface area contributed by atoms with E-state index in [-0.39, 0.29) is 23.8 Å². The first kappa shape index (κ1) is 19.2. The molecule has 0 bridgehead atoms. The first-order valence-electron chi connectivity index (χ1n) is 8.96. The molecule has 0 N–H and O–H groups in total. The normalized spacial score (nSPS) is 21.4. The van der Waals surface area contributed by atoms with Crippen molar-refractivity contribution in [3.63, 3.8) is 0 Å². The van der Waals surface area contributed by atoms with Crippen molar-refractivity contribution in [1.29, 1.82) is 0 Å². The molecule has 1 fully saturated rings. The predicted molar refractivity (Wildman–Crippen MR) is 99.9 cm³/mol. The van der Waals surface area contributed by atoms with Gasteiger partial charge in [-0.15, -0.1) is 0 Å². The van der Waals surface area contributed by atoms with Gasteiger partial charge in [-0.3, -0.25) is 4.79 Å². The molecule has 1 aliphatic rings. The monoisotopic (exact) mass is 343 g/mol. The minimum atomic E-state index is -0.607. The van der Waals surface area contributed by atoms with Gasteiger partial charge in [0.05, 0.1) is 0 Å². The standard InChI is InChI=1S/C21H29NO3/c1-15(2)18-14-17(13-9-12-16-10-7-6-8-11-16)19(23)22(18)20(24)25-21(3,4)5/h6-12,15,17-18H,13-14H2,1-5H3/b12-9+/t17-,18+/m0/s1. The highest BCUT2D eigenvalue weighted by Crippen LogP contribution is 2.33. The number of likely N-dealkylation sites (tertiary alicyclic amines) is 1. The molecule has 1 saturated heterocycles. The molecule has 136 valence electrons. The third-order valence-electron chi connectivity index (χ3n) is 4.33. The van der Waals surface area contributed by atoms with Crippen molar-refractivity contribution in [1.82, 2.24) is 4.90 Å². The second-order valence-electron chi connectivity index (χ2n) is 7.98. The third-order valence-corrected chi connectivity index (χ3v) is 4.33. The van der Waals surface area contributed by atoms with Crippen molar-refractivity contribution in [2.45, 2.75) is 59.1 Å². The van der Waals surface area contributed by atoms with E-state index in [2.05, 4.69) is 0 Å². The van der Waals surface area contributed by atoms with Crippen molar-refractivity contribution in [3.8, 4) is 0 Å². The SMILES string of the molecule is CC(C)[C@H]1C[C@H](C/C=C/c2ccccc2)C(=O)N1C(=O)OC(C)(C)C. The quantitative estimate of drug-likeness (QED) is 0.781. The number of rotatable bonds is 4. The minimum Gasteiger partial charge on any atom is -0.443 e. The van der Waals surface area contributed by atoms with Crippen LogP contribution in [-0.4, -0.2) is 28.5 Å². The fourth-order valence-electron chi connectivity index (χ4n) is 3.09. The maximum atomic E-state index is 12.8. The number of allylic oxidation sites excluding steroid dienone is 1. The Morgan fingerprint density at radius 3 is 2.48 bits per heavy atom. The van der Waals surface area contributed by atoms with E-state index in [0.29, 0.717) is 12.8 Å². The van der Waals surface area contributed by atoms with Crippen LogP contribution < -0.4 is 0 Å². The van der Waals surface area contributed by atoms with Gasteiger partial charge in [0.1, 0.15) is 5.60 Å². The first-order valence-corrected chi connectivity index (χ1v) is 8.96. The maximum Gasteiger partial charge on any atom is 0.417 e. The van der Waals surface area contributed by atoms with Crippen LogP contribution in [-0.2, 0) is 9.53 Å². The highest BCUT2D eigenvalue weighted by Gasteiger charge is 2.45. The lowest BCUT2D eigenvalue weighted by molar-refractivity contribution is -0.131. The van der Waals surface area contributed by atoms with Gasteiger partial charge in [-0.2, -0.15) is 0 Å². The molecule has 2 atom stereocenters. The van der Waals surface area contributed by atoms with Gasteiger partial charge < -0.3 is 4.74 Å². The summed E-state index contributed by atoms with van der Waals surface area (Å²) in [7, 11) is 0. The van der Waals surface area contributed by atoms with E-state index in [9.17, 15) is 9.59 Å². The van der Waals surface area contributed by atoms with Crippen LogP contribution in [0.3, 0.4) is 0 Å². The largest absolute Gasteiger partial charge is 0.443 e. The molecule has 0 saturated carbocycles. The number of imide groups is 1. The molecule has 0 aliphatic carbocycles. The number of carbonyl (C=O) groups is 2. The fraction of sp³-hybridized carbons (Fsp3) is 0.524. The molecule has 0 aromatic heterocycles. The number of nitrogens with zero attached hydrogens (tertiary/aromatic N) is 1. The number of ether oxygens (including phenoxy) is 1. The molecular formula is C21H29NO3. The smallest absolute Gasteiger partial charge is 0.417 e. The second kappa shape index (κ2) is 7.85. The fourth-order valence-corrected chi connectivity index (χ4v) is 3.09. The molecule has 25 heavy (non-hydrogen) atoms. The molecule has 1 aromatic carbocycles. The Morgan fingerprint density at radius 2 is 1.92 bits per heavy atom. The molecule has 2 amide bonds. The van der Waals surface area contributed by atoms with Gasteiger partial charge in [-0.25, -0.2) is 9.69 Å². The van der Waals surface area contributed by atoms with Crippen LogP contribution in [0.4, 0.5) is 4.79 Å². The Kier molecular flexibility index (Phi) is 6.04. The Bertz CT molecular complexity index is 628. The summed E-state index contributed by atoms with van der Waals surface area (Å²) in [5.74, 6) is -0.0786. The molecule has 0 radical (unpaired) electrons. The van der Waals surface area contributed by atoms with Crippen LogP contribution in [0.1, 0.15) is 53.0 Å². The maximum absolute atomic E-state index is 12.8. The Labute approximate surface area is 150 Å². The number of benzene rings is 1. The van der Waals surface area contributed by atoms with Crippen molar-refractivity contribution < 1.29 is 14.3 Å². The summed E-state index contributed by atoms with van der Waals surface area (Å²) < 4.78 is 5.44. The van der Waals surface area contributed by atoms with Gasteiger partial charge in [0.2, 0.25) is 5.91 Å². The summed E-state index contributed by atoms with van der Waals surface area (Å²) in [4.78, 5) is 26.6. The lowest BCUT2D eigenvalue weighted by atomic mass is 9.95. The second-order valence-corrected chi connectivity index (χ2v) is 7.98. The summed E-state index contributed by atoms with van der Waals surface area (Å²) in [6, 6.07) is 9.90. The van der Waals surface area contributed by atoms with Crippen molar-refractivity contribution in [2.75, 3.05) is 0 Å². The Hall–Kier alpha value is -2.10. The molecule has 1 aliphatic heterocycles. The third kappa shape index (κ3) is 5.18. The van der Waals surface area contributed by atoms with Crippen molar-refractivity contribution in [2.24, 2.45) is 11.8 Å². The lowest BCUT2D eigenvalue weighted by Gasteiger charge is -2.29. The van der Waals surface area contributed by atoms with Crippen LogP contribution in [0, 0.1) is 11.8 Å². The van der Waals surface area contributed by atoms with Crippen LogP contribution in [0.25, 0.3) is 6.08 Å². The zero-order valence-corrected chi connectivity index (χ0v) is 15.9. The highest BCUT2D eigenvalue weighted by atomic mass is 16.6. The number of hydrogen-bond donors (Lipinski definition) is 0. The topological polar surface area (TPSA) is 46.6 Å². The molecule has 0 spiro atoms. The lowest BCUT2D eigenvalue weighted by Crippen LogP contribution is -2.44. The molecule has 2 rings (SSSR count). The zero-order chi connectivity index (χ0) is 18.6. The van der Waals surface area contributed by atoms with Gasteiger partial charge in [-0.1, -0.05) is 56.3 Å². The van der Waals surface area contributed by atoms with Crippen LogP contribution in [0.15, 0.2) is 36.4 Å². The van der Waals surface area contributed by atoms with E-state index in [1.54, 1.807) is 0 Å². The van der Waals surface area contributed by atoms with Crippen molar-refractivity contribution in [3.05, 3.63) is 42.0 Å². The molecule has 1 aromatic rings. The molecule has 4 heteroatoms. The Morgan fingerprint density at radius 1 is 1.28 bits per heavy atom. The molecule has 1 heterocycles. The summed E-state index contributed by atoms with van der Waals surface area (Å²) in [6.07, 6.45) is 4.85. The predicted octanol–water partition coefficient (Wildman–Crippen LogP) is 4.90. The number of amides is 2. The summed E-state index contributed by atoms with van der Waals surface area (Å²) in [5.41, 5.74) is 0.502. The molecule has 4 nitrogen and oxygen atoms in total. The summed E-state index contributed by atoms with van der Waals surface area (Å²) in [6.45, 7) is 9.52. The van der Waals surface area contributed by atoms with Crippen molar-refractivity contribution >= 4 is 18.1 Å². The number of hydrogen-bond acceptors (Lipinski definition) is 3. The average molecular weight is 343 g/mol. The van der Waals surface area contributed by atoms with E-state index >= 15 is 0 Å². The first-order chi connectivity index (χ1) is 11.7. The van der Waals surface area contributed by atoms with Crippen LogP contribution in [0.5, 0.6) is 0 Å². The highest BCUT2D eigenvalue weighted by molar-refractivity contribution is 5.95. The van der Waals surface area contributed by atoms with E-state index < -0.39 is 11.7 Å².